The highest BCUT2D eigenvalue weighted by Gasteiger charge is 2.33. The topological polar surface area (TPSA) is 112 Å². The van der Waals surface area contributed by atoms with Gasteiger partial charge in [0, 0.05) is 12.1 Å². The van der Waals surface area contributed by atoms with Gasteiger partial charge in [0.2, 0.25) is 10.0 Å². The van der Waals surface area contributed by atoms with E-state index in [2.05, 4.69) is 9.46 Å². The van der Waals surface area contributed by atoms with Crippen LogP contribution >= 0.6 is 0 Å². The standard InChI is InChI=1S/C14H24N2O5S/c1-6-14(15,7-2)8-16-22(18,19)12-10(4)21-9(3)11(12)13(17)20-5/h16H,6-8,15H2,1-5H3. The van der Waals surface area contributed by atoms with Crippen LogP contribution in [-0.4, -0.2) is 33.6 Å². The second kappa shape index (κ2) is 6.80. The molecule has 0 amide bonds. The van der Waals surface area contributed by atoms with Crippen molar-refractivity contribution in [1.82, 2.24) is 4.72 Å². The molecule has 7 nitrogen and oxygen atoms in total. The molecule has 0 aromatic carbocycles. The van der Waals surface area contributed by atoms with Gasteiger partial charge in [0.1, 0.15) is 22.0 Å². The molecule has 0 saturated heterocycles. The van der Waals surface area contributed by atoms with Crippen LogP contribution in [0.5, 0.6) is 0 Å². The van der Waals surface area contributed by atoms with Gasteiger partial charge in [-0.05, 0) is 26.7 Å². The Hall–Kier alpha value is -1.38. The molecular weight excluding hydrogens is 308 g/mol. The smallest absolute Gasteiger partial charge is 0.342 e. The zero-order valence-corrected chi connectivity index (χ0v) is 14.5. The predicted molar refractivity (Wildman–Crippen MR) is 82.2 cm³/mol. The van der Waals surface area contributed by atoms with Crippen LogP contribution in [0, 0.1) is 13.8 Å². The largest absolute Gasteiger partial charge is 0.465 e. The Morgan fingerprint density at radius 1 is 1.27 bits per heavy atom. The third-order valence-corrected chi connectivity index (χ3v) is 5.44. The van der Waals surface area contributed by atoms with E-state index in [1.807, 2.05) is 13.8 Å². The number of carbonyl (C=O) groups excluding carboxylic acids is 1. The van der Waals surface area contributed by atoms with Crippen LogP contribution in [0.25, 0.3) is 0 Å². The monoisotopic (exact) mass is 332 g/mol. The van der Waals surface area contributed by atoms with Gasteiger partial charge in [0.25, 0.3) is 0 Å². The highest BCUT2D eigenvalue weighted by Crippen LogP contribution is 2.27. The fourth-order valence-corrected chi connectivity index (χ4v) is 3.67. The van der Waals surface area contributed by atoms with E-state index in [0.717, 1.165) is 0 Å². The fraction of sp³-hybridized carbons (Fsp3) is 0.643. The average molecular weight is 332 g/mol. The Labute approximate surface area is 131 Å². The summed E-state index contributed by atoms with van der Waals surface area (Å²) in [6, 6.07) is 0. The van der Waals surface area contributed by atoms with Gasteiger partial charge in [-0.15, -0.1) is 0 Å². The van der Waals surface area contributed by atoms with E-state index in [1.165, 1.54) is 21.0 Å². The van der Waals surface area contributed by atoms with Gasteiger partial charge < -0.3 is 14.9 Å². The Morgan fingerprint density at radius 2 is 1.82 bits per heavy atom. The Balaban J connectivity index is 3.22. The van der Waals surface area contributed by atoms with E-state index in [0.29, 0.717) is 12.8 Å². The molecule has 0 aliphatic carbocycles. The summed E-state index contributed by atoms with van der Waals surface area (Å²) in [5.41, 5.74) is 5.39. The quantitative estimate of drug-likeness (QED) is 0.732. The third kappa shape index (κ3) is 3.68. The lowest BCUT2D eigenvalue weighted by Gasteiger charge is -2.26. The number of nitrogens with one attached hydrogen (secondary N) is 1. The number of rotatable bonds is 7. The van der Waals surface area contributed by atoms with E-state index in [9.17, 15) is 13.2 Å². The molecule has 0 bridgehead atoms. The van der Waals surface area contributed by atoms with Crippen molar-refractivity contribution in [2.75, 3.05) is 13.7 Å². The fourth-order valence-electron chi connectivity index (χ4n) is 2.14. The molecule has 1 heterocycles. The number of sulfonamides is 1. The lowest BCUT2D eigenvalue weighted by Crippen LogP contribution is -2.49. The van der Waals surface area contributed by atoms with Crippen LogP contribution in [0.15, 0.2) is 9.31 Å². The molecule has 0 spiro atoms. The Bertz CT molecular complexity index is 644. The zero-order valence-electron chi connectivity index (χ0n) is 13.6. The molecular formula is C14H24N2O5S. The van der Waals surface area contributed by atoms with Crippen LogP contribution in [0.4, 0.5) is 0 Å². The van der Waals surface area contributed by atoms with Crippen molar-refractivity contribution in [3.05, 3.63) is 17.1 Å². The minimum Gasteiger partial charge on any atom is -0.465 e. The van der Waals surface area contributed by atoms with E-state index >= 15 is 0 Å². The number of esters is 1. The molecule has 0 aliphatic heterocycles. The van der Waals surface area contributed by atoms with E-state index in [1.54, 1.807) is 0 Å². The van der Waals surface area contributed by atoms with Gasteiger partial charge in [-0.2, -0.15) is 0 Å². The van der Waals surface area contributed by atoms with Gasteiger partial charge in [-0.3, -0.25) is 0 Å². The normalized spacial score (nSPS) is 12.5. The maximum atomic E-state index is 12.6. The predicted octanol–water partition coefficient (Wildman–Crippen LogP) is 1.48. The lowest BCUT2D eigenvalue weighted by atomic mass is 9.95. The second-order valence-corrected chi connectivity index (χ2v) is 7.01. The van der Waals surface area contributed by atoms with Gasteiger partial charge in [-0.25, -0.2) is 17.9 Å². The molecule has 0 saturated carbocycles. The van der Waals surface area contributed by atoms with Gasteiger partial charge in [0.15, 0.2) is 0 Å². The summed E-state index contributed by atoms with van der Waals surface area (Å²) in [5.74, 6) is -0.407. The summed E-state index contributed by atoms with van der Waals surface area (Å²) >= 11 is 0. The summed E-state index contributed by atoms with van der Waals surface area (Å²) < 4.78 is 37.5. The van der Waals surface area contributed by atoms with Crippen molar-refractivity contribution >= 4 is 16.0 Å². The zero-order chi connectivity index (χ0) is 17.1. The molecule has 1 aromatic heterocycles. The number of carbonyl (C=O) groups is 1. The van der Waals surface area contributed by atoms with Gasteiger partial charge >= 0.3 is 5.97 Å². The number of aryl methyl sites for hydroxylation is 2. The molecule has 0 radical (unpaired) electrons. The number of ether oxygens (including phenoxy) is 1. The molecule has 126 valence electrons. The van der Waals surface area contributed by atoms with Crippen LogP contribution in [0.3, 0.4) is 0 Å². The molecule has 8 heteroatoms. The van der Waals surface area contributed by atoms with Crippen LogP contribution in [0.2, 0.25) is 0 Å². The highest BCUT2D eigenvalue weighted by molar-refractivity contribution is 7.89. The second-order valence-electron chi connectivity index (χ2n) is 5.30. The number of hydrogen-bond acceptors (Lipinski definition) is 6. The number of furan rings is 1. The van der Waals surface area contributed by atoms with Crippen molar-refractivity contribution in [1.29, 1.82) is 0 Å². The first-order chi connectivity index (χ1) is 10.1. The molecule has 1 aromatic rings. The first-order valence-electron chi connectivity index (χ1n) is 7.08. The summed E-state index contributed by atoms with van der Waals surface area (Å²) in [6.45, 7) is 6.87. The van der Waals surface area contributed by atoms with Crippen LogP contribution in [-0.2, 0) is 14.8 Å². The summed E-state index contributed by atoms with van der Waals surface area (Å²) in [4.78, 5) is 11.6. The summed E-state index contributed by atoms with van der Waals surface area (Å²) in [5, 5.41) is 0. The Kier molecular flexibility index (Phi) is 5.77. The number of methoxy groups -OCH3 is 1. The molecule has 0 atom stereocenters. The van der Waals surface area contributed by atoms with Crippen molar-refractivity contribution in [3.63, 3.8) is 0 Å². The first-order valence-corrected chi connectivity index (χ1v) is 8.57. The number of nitrogens with two attached hydrogens (primary N) is 1. The molecule has 0 aliphatic rings. The summed E-state index contributed by atoms with van der Waals surface area (Å²) in [7, 11) is -2.75. The van der Waals surface area contributed by atoms with E-state index in [-0.39, 0.29) is 28.5 Å². The maximum absolute atomic E-state index is 12.6. The van der Waals surface area contributed by atoms with Gasteiger partial charge in [0.05, 0.1) is 7.11 Å². The third-order valence-electron chi connectivity index (χ3n) is 3.89. The SMILES string of the molecule is CCC(N)(CC)CNS(=O)(=O)c1c(C)oc(C)c1C(=O)OC. The molecule has 1 rings (SSSR count). The minimum absolute atomic E-state index is 0.0760. The van der Waals surface area contributed by atoms with Crippen molar-refractivity contribution in [2.24, 2.45) is 5.73 Å². The number of hydrogen-bond donors (Lipinski definition) is 2. The molecule has 3 N–H and O–H groups in total. The van der Waals surface area contributed by atoms with E-state index in [4.69, 9.17) is 10.2 Å². The molecule has 22 heavy (non-hydrogen) atoms. The maximum Gasteiger partial charge on any atom is 0.342 e. The minimum atomic E-state index is -3.93. The van der Waals surface area contributed by atoms with E-state index < -0.39 is 21.5 Å². The first kappa shape index (κ1) is 18.7. The van der Waals surface area contributed by atoms with Crippen LogP contribution < -0.4 is 10.5 Å². The van der Waals surface area contributed by atoms with Crippen molar-refractivity contribution in [3.8, 4) is 0 Å². The Morgan fingerprint density at radius 3 is 2.27 bits per heavy atom. The highest BCUT2D eigenvalue weighted by atomic mass is 32.2. The lowest BCUT2D eigenvalue weighted by molar-refractivity contribution is 0.0595. The summed E-state index contributed by atoms with van der Waals surface area (Å²) in [6.07, 6.45) is 1.25. The molecule has 0 unspecified atom stereocenters. The molecule has 0 fully saturated rings. The van der Waals surface area contributed by atoms with Crippen molar-refractivity contribution in [2.45, 2.75) is 51.0 Å². The van der Waals surface area contributed by atoms with Crippen LogP contribution in [0.1, 0.15) is 48.6 Å². The van der Waals surface area contributed by atoms with Crippen molar-refractivity contribution < 1.29 is 22.4 Å². The van der Waals surface area contributed by atoms with Gasteiger partial charge in [-0.1, -0.05) is 13.8 Å². The average Bonchev–Trinajstić information content (AvgIpc) is 2.79.